The maximum Gasteiger partial charge on any atom is 0.313 e. The molecule has 1 aliphatic heterocycles. The van der Waals surface area contributed by atoms with Crippen LogP contribution in [0.25, 0.3) is 0 Å². The zero-order valence-corrected chi connectivity index (χ0v) is 21.1. The number of carboxylic acid groups (broad SMARTS) is 1. The molecular formula is C32H39NO4. The Balaban J connectivity index is 1.56. The van der Waals surface area contributed by atoms with Crippen LogP contribution in [0.1, 0.15) is 81.6 Å². The Bertz CT molecular complexity index is 1550. The molecule has 196 valence electrons. The summed E-state index contributed by atoms with van der Waals surface area (Å²) in [6, 6.07) is -0.174. The highest BCUT2D eigenvalue weighted by Gasteiger charge is 2.41. The number of rotatable bonds is 10. The van der Waals surface area contributed by atoms with Crippen molar-refractivity contribution in [3.63, 3.8) is 0 Å². The molecule has 0 aromatic heterocycles. The van der Waals surface area contributed by atoms with Gasteiger partial charge in [0.15, 0.2) is 0 Å². The first-order chi connectivity index (χ1) is 21.9. The van der Waals surface area contributed by atoms with Crippen molar-refractivity contribution in [2.45, 2.75) is 56.7 Å². The van der Waals surface area contributed by atoms with Gasteiger partial charge in [-0.3, -0.25) is 4.79 Å². The maximum atomic E-state index is 12.5. The first-order valence-electron chi connectivity index (χ1n) is 17.5. The number of piperidine rings is 1. The number of hydrogen-bond donors (Lipinski definition) is 3. The van der Waals surface area contributed by atoms with Crippen molar-refractivity contribution in [3.05, 3.63) is 107 Å². The van der Waals surface area contributed by atoms with Crippen LogP contribution >= 0.6 is 0 Å². The zero-order chi connectivity index (χ0) is 35.2. The summed E-state index contributed by atoms with van der Waals surface area (Å²) in [5, 5.41) is 32.7. The summed E-state index contributed by atoms with van der Waals surface area (Å²) in [6.07, 6.45) is 0.711. The van der Waals surface area contributed by atoms with Gasteiger partial charge in [-0.1, -0.05) is 84.7 Å². The highest BCUT2D eigenvalue weighted by atomic mass is 16.4. The highest BCUT2D eigenvalue weighted by molar-refractivity contribution is 5.80. The second-order valence-corrected chi connectivity index (χ2v) is 10.1. The number of nitrogens with zero attached hydrogens (tertiary/aromatic N) is 1. The molecule has 0 aliphatic carbocycles. The first kappa shape index (κ1) is 16.8. The van der Waals surface area contributed by atoms with Crippen LogP contribution in [-0.2, 0) is 15.8 Å². The van der Waals surface area contributed by atoms with Gasteiger partial charge >= 0.3 is 5.97 Å². The Morgan fingerprint density at radius 3 is 1.95 bits per heavy atom. The minimum Gasteiger partial charge on any atom is -0.481 e. The van der Waals surface area contributed by atoms with Gasteiger partial charge in [-0.05, 0) is 87.3 Å². The lowest BCUT2D eigenvalue weighted by molar-refractivity contribution is -0.142. The molecule has 3 aromatic carbocycles. The first-order valence-corrected chi connectivity index (χ1v) is 12.5. The molecule has 5 heteroatoms. The van der Waals surface area contributed by atoms with Crippen LogP contribution in [0.2, 0.25) is 0 Å². The van der Waals surface area contributed by atoms with Crippen LogP contribution in [0.4, 0.5) is 0 Å². The van der Waals surface area contributed by atoms with Gasteiger partial charge in [0.25, 0.3) is 0 Å². The quantitative estimate of drug-likeness (QED) is 0.334. The third kappa shape index (κ3) is 5.96. The Kier molecular flexibility index (Phi) is 5.26. The molecule has 3 N–H and O–H groups in total. The number of aliphatic carboxylic acids is 1. The molecular weight excluding hydrogens is 462 g/mol. The Morgan fingerprint density at radius 1 is 0.946 bits per heavy atom. The molecule has 37 heavy (non-hydrogen) atoms. The number of likely N-dealkylation sites (tertiary alicyclic amines) is 1. The summed E-state index contributed by atoms with van der Waals surface area (Å²) in [5.41, 5.74) is -3.33. The number of carbonyl (C=O) groups is 1. The van der Waals surface area contributed by atoms with E-state index >= 15 is 0 Å². The lowest BCUT2D eigenvalue weighted by Gasteiger charge is -2.42. The summed E-state index contributed by atoms with van der Waals surface area (Å²) in [7, 11) is 0. The van der Waals surface area contributed by atoms with Gasteiger partial charge in [0.2, 0.25) is 0 Å². The van der Waals surface area contributed by atoms with Crippen LogP contribution in [0.3, 0.4) is 0 Å². The van der Waals surface area contributed by atoms with Crippen molar-refractivity contribution in [1.82, 2.24) is 4.90 Å². The van der Waals surface area contributed by atoms with E-state index in [1.165, 1.54) is 0 Å². The molecule has 0 amide bonds. The van der Waals surface area contributed by atoms with E-state index in [0.29, 0.717) is 43.6 Å². The molecule has 1 fully saturated rings. The molecule has 1 atom stereocenters. The fourth-order valence-electron chi connectivity index (χ4n) is 4.91. The SMILES string of the molecule is [2H]c1c([2H])c([2H])c(C(O)(c2c([2H])c([2H])c([2H])c([2H])c2[2H])C2CCN(CCCC(O)c3ccc(C(C)(C)C(=O)O)cc3)CC2)c([2H])c1[2H]. The van der Waals surface area contributed by atoms with Crippen molar-refractivity contribution < 1.29 is 33.8 Å². The number of benzene rings is 3. The van der Waals surface area contributed by atoms with E-state index in [1.54, 1.807) is 38.1 Å². The number of aliphatic hydroxyl groups excluding tert-OH is 1. The smallest absolute Gasteiger partial charge is 0.313 e. The molecule has 1 heterocycles. The predicted octanol–water partition coefficient (Wildman–Crippen LogP) is 5.51. The topological polar surface area (TPSA) is 81.0 Å². The lowest BCUT2D eigenvalue weighted by atomic mass is 9.72. The molecule has 4 rings (SSSR count). The Hall–Kier alpha value is -2.99. The van der Waals surface area contributed by atoms with Crippen molar-refractivity contribution in [1.29, 1.82) is 0 Å². The van der Waals surface area contributed by atoms with Gasteiger partial charge in [-0.25, -0.2) is 0 Å². The van der Waals surface area contributed by atoms with E-state index in [4.69, 9.17) is 13.7 Å². The number of hydrogen-bond acceptors (Lipinski definition) is 4. The second kappa shape index (κ2) is 11.6. The summed E-state index contributed by atoms with van der Waals surface area (Å²) in [5.74, 6) is -1.81. The van der Waals surface area contributed by atoms with Crippen LogP contribution in [0, 0.1) is 5.92 Å². The molecule has 3 aromatic rings. The molecule has 1 aliphatic rings. The van der Waals surface area contributed by atoms with Crippen LogP contribution in [0.5, 0.6) is 0 Å². The minimum absolute atomic E-state index is 0.226. The van der Waals surface area contributed by atoms with Crippen molar-refractivity contribution in [3.8, 4) is 0 Å². The molecule has 5 nitrogen and oxygen atoms in total. The highest BCUT2D eigenvalue weighted by Crippen LogP contribution is 2.42. The van der Waals surface area contributed by atoms with Crippen molar-refractivity contribution in [2.24, 2.45) is 5.92 Å². The monoisotopic (exact) mass is 511 g/mol. The summed E-state index contributed by atoms with van der Waals surface area (Å²) in [6.45, 7) is 4.60. The third-order valence-corrected chi connectivity index (χ3v) is 7.44. The third-order valence-electron chi connectivity index (χ3n) is 7.44. The average molecular weight is 512 g/mol. The normalized spacial score (nSPS) is 20.2. The van der Waals surface area contributed by atoms with Crippen LogP contribution in [-0.4, -0.2) is 45.8 Å². The van der Waals surface area contributed by atoms with Crippen molar-refractivity contribution in [2.75, 3.05) is 19.6 Å². The van der Waals surface area contributed by atoms with Crippen LogP contribution in [0.15, 0.2) is 84.7 Å². The predicted molar refractivity (Wildman–Crippen MR) is 146 cm³/mol. The summed E-state index contributed by atoms with van der Waals surface area (Å²) >= 11 is 0. The van der Waals surface area contributed by atoms with E-state index < -0.39 is 101 Å². The van der Waals surface area contributed by atoms with Gasteiger partial charge in [-0.2, -0.15) is 0 Å². The standard InChI is InChI=1S/C32H39NO4/c1-31(2,30(35)36)25-17-15-24(16-18-25)29(34)14-9-21-33-22-19-28(20-23-33)32(37,26-10-5-3-6-11-26)27-12-7-4-8-13-27/h3-8,10-13,15-18,28-29,34,37H,9,14,19-23H2,1-2H3,(H,35,36)/i3D,4D,5D,6D,7D,8D,10D,11D,12D,13D. The van der Waals surface area contributed by atoms with Gasteiger partial charge in [0.1, 0.15) is 5.60 Å². The Morgan fingerprint density at radius 2 is 1.46 bits per heavy atom. The molecule has 0 radical (unpaired) electrons. The van der Waals surface area contributed by atoms with Crippen molar-refractivity contribution >= 4 is 5.97 Å². The van der Waals surface area contributed by atoms with Gasteiger partial charge < -0.3 is 20.2 Å². The van der Waals surface area contributed by atoms with Crippen LogP contribution < -0.4 is 0 Å². The van der Waals surface area contributed by atoms with Gasteiger partial charge in [0.05, 0.1) is 25.2 Å². The fourth-order valence-corrected chi connectivity index (χ4v) is 4.91. The summed E-state index contributed by atoms with van der Waals surface area (Å²) < 4.78 is 83.3. The maximum absolute atomic E-state index is 12.5. The molecule has 0 spiro atoms. The van der Waals surface area contributed by atoms with Gasteiger partial charge in [-0.15, -0.1) is 0 Å². The molecule has 0 bridgehead atoms. The van der Waals surface area contributed by atoms with E-state index in [0.717, 1.165) is 0 Å². The van der Waals surface area contributed by atoms with E-state index in [-0.39, 0.29) is 12.8 Å². The van der Waals surface area contributed by atoms with E-state index in [9.17, 15) is 20.1 Å². The molecule has 1 unspecified atom stereocenters. The second-order valence-electron chi connectivity index (χ2n) is 10.1. The largest absolute Gasteiger partial charge is 0.481 e. The summed E-state index contributed by atoms with van der Waals surface area (Å²) in [4.78, 5) is 13.6. The van der Waals surface area contributed by atoms with Gasteiger partial charge in [0, 0.05) is 0 Å². The Labute approximate surface area is 234 Å². The molecule has 0 saturated carbocycles. The number of carboxylic acids is 1. The molecule has 1 saturated heterocycles. The minimum atomic E-state index is -2.50. The van der Waals surface area contributed by atoms with E-state index in [1.807, 2.05) is 0 Å². The zero-order valence-electron chi connectivity index (χ0n) is 31.1. The lowest BCUT2D eigenvalue weighted by Crippen LogP contribution is -2.44. The average Bonchev–Trinajstić information content (AvgIpc) is 3.04. The van der Waals surface area contributed by atoms with E-state index in [2.05, 4.69) is 4.90 Å². The number of aliphatic hydroxyl groups is 2. The fraction of sp³-hybridized carbons (Fsp3) is 0.406.